The van der Waals surface area contributed by atoms with Crippen LogP contribution >= 0.6 is 0 Å². The maximum atomic E-state index is 12.4. The molecule has 0 unspecified atom stereocenters. The van der Waals surface area contributed by atoms with E-state index in [2.05, 4.69) is 33.1 Å². The van der Waals surface area contributed by atoms with Crippen LogP contribution in [0.3, 0.4) is 0 Å². The Morgan fingerprint density at radius 2 is 2.26 bits per heavy atom. The summed E-state index contributed by atoms with van der Waals surface area (Å²) < 4.78 is 29.1. The van der Waals surface area contributed by atoms with Crippen molar-refractivity contribution >= 4 is 32.5 Å². The number of piperidine rings is 1. The normalized spacial score (nSPS) is 19.3. The van der Waals surface area contributed by atoms with Crippen LogP contribution in [-0.2, 0) is 14.6 Å². The number of hydrogen-bond acceptors (Lipinski definition) is 7. The number of nitrogens with zero attached hydrogens (tertiary/aromatic N) is 3. The average molecular weight is 442 g/mol. The Balaban J connectivity index is 1.70. The maximum absolute atomic E-state index is 12.4. The highest BCUT2D eigenvalue weighted by Gasteiger charge is 2.29. The van der Waals surface area contributed by atoms with Crippen LogP contribution in [0, 0.1) is 18.3 Å². The topological polar surface area (TPSA) is 121 Å². The van der Waals surface area contributed by atoms with Crippen molar-refractivity contribution in [3.63, 3.8) is 0 Å². The van der Waals surface area contributed by atoms with Gasteiger partial charge in [0, 0.05) is 43.2 Å². The quantitative estimate of drug-likeness (QED) is 0.583. The number of aromatic amines is 1. The number of carbonyl (C=O) groups is 1. The number of hydrogen-bond donors (Lipinski definition) is 2. The summed E-state index contributed by atoms with van der Waals surface area (Å²) in [6, 6.07) is 1.84. The van der Waals surface area contributed by atoms with Gasteiger partial charge in [0.05, 0.1) is 17.7 Å². The molecule has 3 aromatic heterocycles. The summed E-state index contributed by atoms with van der Waals surface area (Å²) in [4.78, 5) is 25.8. The number of fused-ring (bicyclic) bond motifs is 1. The van der Waals surface area contributed by atoms with E-state index >= 15 is 0 Å². The Labute approximate surface area is 180 Å². The molecule has 0 aliphatic carbocycles. The lowest BCUT2D eigenvalue weighted by Gasteiger charge is -2.37. The first-order valence-corrected chi connectivity index (χ1v) is 11.7. The van der Waals surface area contributed by atoms with Gasteiger partial charge in [-0.1, -0.05) is 12.8 Å². The molecule has 2 atom stereocenters. The summed E-state index contributed by atoms with van der Waals surface area (Å²) in [5.74, 6) is 2.80. The summed E-state index contributed by atoms with van der Waals surface area (Å²) in [6.07, 6.45) is 11.8. The third kappa shape index (κ3) is 4.27. The number of H-pyrrole nitrogens is 1. The van der Waals surface area contributed by atoms with Gasteiger partial charge in [0.25, 0.3) is 0 Å². The van der Waals surface area contributed by atoms with Crippen molar-refractivity contribution < 1.29 is 17.6 Å². The smallest absolute Gasteiger partial charge is 0.234 e. The van der Waals surface area contributed by atoms with Gasteiger partial charge in [0.2, 0.25) is 11.8 Å². The molecular formula is C21H23N5O4S. The number of terminal acetylenes is 1. The molecule has 2 N–H and O–H groups in total. The predicted molar refractivity (Wildman–Crippen MR) is 116 cm³/mol. The standard InChI is InChI=1S/C21H23N5O4S/c1-4-5-18(27)26-10-13(2)8-14(11-26)24-19-15-6-7-22-20(15)23-9-16(19)21-25-17(12-30-21)31(3,28)29/h1,6-7,9,12-14H,5,8,10-11H2,2-3H3,(H2,22,23,24)/t13-,14+/m0/s1. The Bertz CT molecular complexity index is 1270. The summed E-state index contributed by atoms with van der Waals surface area (Å²) >= 11 is 0. The number of oxazole rings is 1. The number of anilines is 1. The first-order chi connectivity index (χ1) is 14.8. The first-order valence-electron chi connectivity index (χ1n) is 9.86. The third-order valence-corrected chi connectivity index (χ3v) is 6.24. The van der Waals surface area contributed by atoms with E-state index in [1.165, 1.54) is 0 Å². The molecule has 31 heavy (non-hydrogen) atoms. The molecule has 9 nitrogen and oxygen atoms in total. The highest BCUT2D eigenvalue weighted by molar-refractivity contribution is 7.90. The van der Waals surface area contributed by atoms with Crippen LogP contribution < -0.4 is 5.32 Å². The minimum atomic E-state index is -3.50. The van der Waals surface area contributed by atoms with Gasteiger partial charge in [-0.05, 0) is 18.4 Å². The van der Waals surface area contributed by atoms with Gasteiger partial charge < -0.3 is 19.6 Å². The predicted octanol–water partition coefficient (Wildman–Crippen LogP) is 2.29. The number of pyridine rings is 1. The third-order valence-electron chi connectivity index (χ3n) is 5.29. The van der Waals surface area contributed by atoms with Crippen LogP contribution in [0.1, 0.15) is 19.8 Å². The second-order valence-electron chi connectivity index (χ2n) is 7.91. The molecule has 162 valence electrons. The van der Waals surface area contributed by atoms with Crippen LogP contribution in [-0.4, -0.2) is 59.6 Å². The second-order valence-corrected chi connectivity index (χ2v) is 9.87. The van der Waals surface area contributed by atoms with Crippen LogP contribution in [0.25, 0.3) is 22.5 Å². The van der Waals surface area contributed by atoms with Crippen molar-refractivity contribution in [2.45, 2.75) is 30.8 Å². The number of amides is 1. The number of carbonyl (C=O) groups excluding carboxylic acids is 1. The lowest BCUT2D eigenvalue weighted by Crippen LogP contribution is -2.48. The first kappa shape index (κ1) is 20.9. The molecule has 3 aromatic rings. The van der Waals surface area contributed by atoms with E-state index in [1.807, 2.05) is 6.07 Å². The zero-order valence-electron chi connectivity index (χ0n) is 17.3. The van der Waals surface area contributed by atoms with Gasteiger partial charge in [-0.3, -0.25) is 4.79 Å². The van der Waals surface area contributed by atoms with Crippen molar-refractivity contribution in [2.24, 2.45) is 5.92 Å². The molecule has 1 aliphatic heterocycles. The van der Waals surface area contributed by atoms with E-state index in [9.17, 15) is 13.2 Å². The van der Waals surface area contributed by atoms with Crippen LogP contribution in [0.5, 0.6) is 0 Å². The van der Waals surface area contributed by atoms with Gasteiger partial charge in [-0.25, -0.2) is 13.4 Å². The molecule has 4 heterocycles. The Morgan fingerprint density at radius 3 is 2.97 bits per heavy atom. The number of aromatic nitrogens is 3. The highest BCUT2D eigenvalue weighted by Crippen LogP contribution is 2.35. The lowest BCUT2D eigenvalue weighted by molar-refractivity contribution is -0.131. The fourth-order valence-corrected chi connectivity index (χ4v) is 4.41. The van der Waals surface area contributed by atoms with E-state index in [1.54, 1.807) is 17.3 Å². The molecule has 0 bridgehead atoms. The van der Waals surface area contributed by atoms with E-state index in [4.69, 9.17) is 10.8 Å². The van der Waals surface area contributed by atoms with Crippen molar-refractivity contribution in [3.8, 4) is 23.8 Å². The van der Waals surface area contributed by atoms with E-state index in [-0.39, 0.29) is 29.3 Å². The Hall–Kier alpha value is -3.32. The van der Waals surface area contributed by atoms with E-state index in [0.717, 1.165) is 30.0 Å². The number of sulfone groups is 1. The van der Waals surface area contributed by atoms with Crippen molar-refractivity contribution in [1.29, 1.82) is 0 Å². The molecule has 0 spiro atoms. The number of nitrogens with one attached hydrogen (secondary N) is 2. The van der Waals surface area contributed by atoms with Gasteiger partial charge in [-0.2, -0.15) is 4.98 Å². The molecule has 1 aliphatic rings. The second kappa shape index (κ2) is 8.07. The number of rotatable bonds is 5. The molecule has 0 saturated carbocycles. The molecular weight excluding hydrogens is 418 g/mol. The van der Waals surface area contributed by atoms with E-state index in [0.29, 0.717) is 30.2 Å². The van der Waals surface area contributed by atoms with Crippen molar-refractivity contribution in [1.82, 2.24) is 19.9 Å². The fraction of sp³-hybridized carbons (Fsp3) is 0.381. The Morgan fingerprint density at radius 1 is 1.45 bits per heavy atom. The molecule has 10 heteroatoms. The number of likely N-dealkylation sites (tertiary alicyclic amines) is 1. The molecule has 1 saturated heterocycles. The molecule has 4 rings (SSSR count). The van der Waals surface area contributed by atoms with Crippen LogP contribution in [0.2, 0.25) is 0 Å². The summed E-state index contributed by atoms with van der Waals surface area (Å²) in [5, 5.41) is 4.20. The van der Waals surface area contributed by atoms with Crippen molar-refractivity contribution in [2.75, 3.05) is 24.7 Å². The van der Waals surface area contributed by atoms with Crippen molar-refractivity contribution in [3.05, 3.63) is 24.7 Å². The minimum Gasteiger partial charge on any atom is -0.443 e. The molecule has 0 aromatic carbocycles. The lowest BCUT2D eigenvalue weighted by atomic mass is 9.95. The summed E-state index contributed by atoms with van der Waals surface area (Å²) in [7, 11) is -3.50. The monoisotopic (exact) mass is 441 g/mol. The van der Waals surface area contributed by atoms with Gasteiger partial charge >= 0.3 is 0 Å². The minimum absolute atomic E-state index is 0.0333. The highest BCUT2D eigenvalue weighted by atomic mass is 32.2. The molecule has 1 amide bonds. The fourth-order valence-electron chi connectivity index (χ4n) is 3.94. The average Bonchev–Trinajstić information content (AvgIpc) is 3.37. The summed E-state index contributed by atoms with van der Waals surface area (Å²) in [5.41, 5.74) is 1.93. The maximum Gasteiger partial charge on any atom is 0.234 e. The Kier molecular flexibility index (Phi) is 5.45. The van der Waals surface area contributed by atoms with Crippen LogP contribution in [0.15, 0.2) is 34.2 Å². The SMILES string of the molecule is C#CCC(=O)N1C[C@@H](C)C[C@@H](Nc2c(-c3nc(S(C)(=O)=O)co3)cnc3[nH]ccc23)C1. The molecule has 0 radical (unpaired) electrons. The van der Waals surface area contributed by atoms with Gasteiger partial charge in [-0.15, -0.1) is 6.42 Å². The van der Waals surface area contributed by atoms with E-state index < -0.39 is 9.84 Å². The van der Waals surface area contributed by atoms with Gasteiger partial charge in [0.1, 0.15) is 11.9 Å². The van der Waals surface area contributed by atoms with Crippen LogP contribution in [0.4, 0.5) is 5.69 Å². The zero-order chi connectivity index (χ0) is 22.2. The zero-order valence-corrected chi connectivity index (χ0v) is 18.1. The van der Waals surface area contributed by atoms with Gasteiger partial charge in [0.15, 0.2) is 14.9 Å². The largest absolute Gasteiger partial charge is 0.443 e. The molecule has 1 fully saturated rings. The summed E-state index contributed by atoms with van der Waals surface area (Å²) in [6.45, 7) is 3.27.